The highest BCUT2D eigenvalue weighted by molar-refractivity contribution is 5.39. The van der Waals surface area contributed by atoms with E-state index in [4.69, 9.17) is 0 Å². The van der Waals surface area contributed by atoms with Gasteiger partial charge in [0.2, 0.25) is 0 Å². The van der Waals surface area contributed by atoms with E-state index in [1.165, 1.54) is 32.2 Å². The molecule has 2 unspecified atom stereocenters. The van der Waals surface area contributed by atoms with E-state index < -0.39 is 0 Å². The molecule has 2 fully saturated rings. The SMILES string of the molecule is Cc1cc(N2CCCC(C3CCCN3)C2)ncn1. The molecule has 98 valence electrons. The molecule has 0 spiro atoms. The lowest BCUT2D eigenvalue weighted by atomic mass is 9.90. The van der Waals surface area contributed by atoms with Gasteiger partial charge in [-0.3, -0.25) is 0 Å². The van der Waals surface area contributed by atoms with Crippen molar-refractivity contribution in [1.82, 2.24) is 15.3 Å². The number of hydrogen-bond acceptors (Lipinski definition) is 4. The lowest BCUT2D eigenvalue weighted by Gasteiger charge is -2.36. The van der Waals surface area contributed by atoms with E-state index in [1.807, 2.05) is 6.92 Å². The van der Waals surface area contributed by atoms with Crippen LogP contribution in [0.3, 0.4) is 0 Å². The molecular formula is C14H22N4. The number of anilines is 1. The summed E-state index contributed by atoms with van der Waals surface area (Å²) in [5, 5.41) is 3.65. The highest BCUT2D eigenvalue weighted by Crippen LogP contribution is 2.27. The fraction of sp³-hybridized carbons (Fsp3) is 0.714. The fourth-order valence-electron chi connectivity index (χ4n) is 3.27. The normalized spacial score (nSPS) is 28.6. The summed E-state index contributed by atoms with van der Waals surface area (Å²) in [6.07, 6.45) is 7.02. The van der Waals surface area contributed by atoms with E-state index in [9.17, 15) is 0 Å². The van der Waals surface area contributed by atoms with Crippen molar-refractivity contribution in [3.8, 4) is 0 Å². The summed E-state index contributed by atoms with van der Waals surface area (Å²) in [6.45, 7) is 5.52. The summed E-state index contributed by atoms with van der Waals surface area (Å²) in [7, 11) is 0. The van der Waals surface area contributed by atoms with Crippen LogP contribution in [0.15, 0.2) is 12.4 Å². The van der Waals surface area contributed by atoms with Gasteiger partial charge >= 0.3 is 0 Å². The van der Waals surface area contributed by atoms with E-state index in [2.05, 4.69) is 26.3 Å². The van der Waals surface area contributed by atoms with E-state index in [0.29, 0.717) is 0 Å². The average Bonchev–Trinajstić information content (AvgIpc) is 2.93. The quantitative estimate of drug-likeness (QED) is 0.863. The van der Waals surface area contributed by atoms with Crippen molar-refractivity contribution in [3.63, 3.8) is 0 Å². The number of piperidine rings is 1. The second-order valence-corrected chi connectivity index (χ2v) is 5.57. The Labute approximate surface area is 109 Å². The lowest BCUT2D eigenvalue weighted by Crippen LogP contribution is -2.43. The molecular weight excluding hydrogens is 224 g/mol. The summed E-state index contributed by atoms with van der Waals surface area (Å²) >= 11 is 0. The first-order valence-corrected chi connectivity index (χ1v) is 7.10. The molecule has 2 saturated heterocycles. The van der Waals surface area contributed by atoms with Gasteiger partial charge in [-0.05, 0) is 45.1 Å². The zero-order valence-electron chi connectivity index (χ0n) is 11.1. The lowest BCUT2D eigenvalue weighted by molar-refractivity contribution is 0.328. The number of aromatic nitrogens is 2. The Morgan fingerprint density at radius 1 is 1.28 bits per heavy atom. The third kappa shape index (κ3) is 2.48. The molecule has 1 aromatic heterocycles. The van der Waals surface area contributed by atoms with Crippen LogP contribution in [0.5, 0.6) is 0 Å². The highest BCUT2D eigenvalue weighted by Gasteiger charge is 2.29. The second-order valence-electron chi connectivity index (χ2n) is 5.57. The van der Waals surface area contributed by atoms with Crippen molar-refractivity contribution in [3.05, 3.63) is 18.1 Å². The van der Waals surface area contributed by atoms with Gasteiger partial charge in [0.25, 0.3) is 0 Å². The first-order valence-electron chi connectivity index (χ1n) is 7.10. The van der Waals surface area contributed by atoms with E-state index >= 15 is 0 Å². The molecule has 18 heavy (non-hydrogen) atoms. The average molecular weight is 246 g/mol. The van der Waals surface area contributed by atoms with Crippen molar-refractivity contribution in [1.29, 1.82) is 0 Å². The third-order valence-corrected chi connectivity index (χ3v) is 4.24. The van der Waals surface area contributed by atoms with Crippen LogP contribution in [0.2, 0.25) is 0 Å². The van der Waals surface area contributed by atoms with E-state index in [0.717, 1.165) is 36.6 Å². The summed E-state index contributed by atoms with van der Waals surface area (Å²) < 4.78 is 0. The molecule has 0 radical (unpaired) electrons. The second kappa shape index (κ2) is 5.22. The topological polar surface area (TPSA) is 41.0 Å². The number of nitrogens with zero attached hydrogens (tertiary/aromatic N) is 3. The van der Waals surface area contributed by atoms with Crippen molar-refractivity contribution in [2.75, 3.05) is 24.5 Å². The molecule has 0 saturated carbocycles. The van der Waals surface area contributed by atoms with Crippen LogP contribution >= 0.6 is 0 Å². The van der Waals surface area contributed by atoms with Gasteiger partial charge in [0, 0.05) is 30.9 Å². The Morgan fingerprint density at radius 2 is 2.22 bits per heavy atom. The van der Waals surface area contributed by atoms with Gasteiger partial charge in [0.15, 0.2) is 0 Å². The van der Waals surface area contributed by atoms with Gasteiger partial charge < -0.3 is 10.2 Å². The van der Waals surface area contributed by atoms with Crippen molar-refractivity contribution >= 4 is 5.82 Å². The monoisotopic (exact) mass is 246 g/mol. The molecule has 0 amide bonds. The van der Waals surface area contributed by atoms with Crippen LogP contribution in [-0.2, 0) is 0 Å². The molecule has 4 nitrogen and oxygen atoms in total. The van der Waals surface area contributed by atoms with Crippen LogP contribution in [-0.4, -0.2) is 35.6 Å². The maximum Gasteiger partial charge on any atom is 0.132 e. The van der Waals surface area contributed by atoms with Gasteiger partial charge in [-0.1, -0.05) is 0 Å². The molecule has 1 aromatic rings. The van der Waals surface area contributed by atoms with Crippen LogP contribution in [0.1, 0.15) is 31.4 Å². The molecule has 4 heteroatoms. The minimum atomic E-state index is 0.732. The van der Waals surface area contributed by atoms with Crippen molar-refractivity contribution in [2.24, 2.45) is 5.92 Å². The molecule has 2 aliphatic heterocycles. The van der Waals surface area contributed by atoms with E-state index in [1.54, 1.807) is 6.33 Å². The molecule has 0 aromatic carbocycles. The van der Waals surface area contributed by atoms with Gasteiger partial charge in [-0.15, -0.1) is 0 Å². The van der Waals surface area contributed by atoms with Gasteiger partial charge in [0.1, 0.15) is 12.1 Å². The number of rotatable bonds is 2. The summed E-state index contributed by atoms with van der Waals surface area (Å²) in [5.74, 6) is 1.89. The Bertz CT molecular complexity index is 401. The van der Waals surface area contributed by atoms with Crippen molar-refractivity contribution < 1.29 is 0 Å². The predicted molar refractivity (Wildman–Crippen MR) is 72.7 cm³/mol. The van der Waals surface area contributed by atoms with Crippen LogP contribution in [0.25, 0.3) is 0 Å². The fourth-order valence-corrected chi connectivity index (χ4v) is 3.27. The van der Waals surface area contributed by atoms with Gasteiger partial charge in [0.05, 0.1) is 0 Å². The summed E-state index contributed by atoms with van der Waals surface area (Å²) in [5.41, 5.74) is 1.06. The Morgan fingerprint density at radius 3 is 3.00 bits per heavy atom. The molecule has 1 N–H and O–H groups in total. The zero-order chi connectivity index (χ0) is 12.4. The minimum Gasteiger partial charge on any atom is -0.356 e. The van der Waals surface area contributed by atoms with Crippen molar-refractivity contribution in [2.45, 2.75) is 38.6 Å². The number of aryl methyl sites for hydroxylation is 1. The maximum atomic E-state index is 4.42. The molecule has 0 bridgehead atoms. The first kappa shape index (κ1) is 11.9. The zero-order valence-corrected chi connectivity index (χ0v) is 11.1. The van der Waals surface area contributed by atoms with Gasteiger partial charge in [-0.25, -0.2) is 9.97 Å². The number of nitrogens with one attached hydrogen (secondary N) is 1. The first-order chi connectivity index (χ1) is 8.83. The molecule has 3 rings (SSSR count). The molecule has 3 heterocycles. The Kier molecular flexibility index (Phi) is 3.46. The van der Waals surface area contributed by atoms with Gasteiger partial charge in [-0.2, -0.15) is 0 Å². The van der Waals surface area contributed by atoms with E-state index in [-0.39, 0.29) is 0 Å². The largest absolute Gasteiger partial charge is 0.356 e. The maximum absolute atomic E-state index is 4.42. The summed E-state index contributed by atoms with van der Waals surface area (Å²) in [4.78, 5) is 11.0. The molecule has 2 atom stereocenters. The minimum absolute atomic E-state index is 0.732. The molecule has 2 aliphatic rings. The summed E-state index contributed by atoms with van der Waals surface area (Å²) in [6, 6.07) is 2.83. The molecule has 0 aliphatic carbocycles. The smallest absolute Gasteiger partial charge is 0.132 e. The van der Waals surface area contributed by atoms with Crippen LogP contribution in [0.4, 0.5) is 5.82 Å². The Balaban J connectivity index is 1.69. The standard InChI is InChI=1S/C14H22N4/c1-11-8-14(17-10-16-11)18-7-3-4-12(9-18)13-5-2-6-15-13/h8,10,12-13,15H,2-7,9H2,1H3. The third-order valence-electron chi connectivity index (χ3n) is 4.24. The highest BCUT2D eigenvalue weighted by atomic mass is 15.2. The predicted octanol–water partition coefficient (Wildman–Crippen LogP) is 1.75. The number of hydrogen-bond donors (Lipinski definition) is 1. The Hall–Kier alpha value is -1.16. The van der Waals surface area contributed by atoms with Crippen LogP contribution < -0.4 is 10.2 Å². The van der Waals surface area contributed by atoms with Crippen LogP contribution in [0, 0.1) is 12.8 Å².